The van der Waals surface area contributed by atoms with E-state index < -0.39 is 17.1 Å². The summed E-state index contributed by atoms with van der Waals surface area (Å²) in [5, 5.41) is 0. The zero-order valence-electron chi connectivity index (χ0n) is 10.5. The number of fused-ring (bicyclic) bond motifs is 2. The number of ketones is 2. The van der Waals surface area contributed by atoms with Crippen LogP contribution in [0.5, 0.6) is 5.75 Å². The number of carbonyl (C=O) groups excluding carboxylic acids is 2. The second kappa shape index (κ2) is 4.80. The van der Waals surface area contributed by atoms with Crippen molar-refractivity contribution in [3.63, 3.8) is 0 Å². The maximum absolute atomic E-state index is 12.5. The number of hydrogen-bond acceptors (Lipinski definition) is 5. The summed E-state index contributed by atoms with van der Waals surface area (Å²) in [5.41, 5.74) is 6.42. The highest BCUT2D eigenvalue weighted by molar-refractivity contribution is 7.74. The van der Waals surface area contributed by atoms with Gasteiger partial charge in [0.05, 0.1) is 11.3 Å². The molecule has 0 bridgehead atoms. The van der Waals surface area contributed by atoms with Crippen LogP contribution in [-0.2, 0) is 11.4 Å². The van der Waals surface area contributed by atoms with Gasteiger partial charge in [0.1, 0.15) is 0 Å². The van der Waals surface area contributed by atoms with Crippen LogP contribution in [0.25, 0.3) is 0 Å². The van der Waals surface area contributed by atoms with Crippen LogP contribution in [0.1, 0.15) is 31.8 Å². The van der Waals surface area contributed by atoms with Crippen LogP contribution in [0.3, 0.4) is 0 Å². The van der Waals surface area contributed by atoms with Gasteiger partial charge in [-0.3, -0.25) is 14.1 Å². The summed E-state index contributed by atoms with van der Waals surface area (Å²) in [5.74, 6) is -0.842. The Morgan fingerprint density at radius 3 is 2.19 bits per heavy atom. The normalized spacial score (nSPS) is 14.3. The van der Waals surface area contributed by atoms with Gasteiger partial charge in [-0.05, 0) is 12.1 Å². The van der Waals surface area contributed by atoms with Crippen LogP contribution in [0.2, 0.25) is 0 Å². The third kappa shape index (κ3) is 2.03. The van der Waals surface area contributed by atoms with Gasteiger partial charge in [-0.1, -0.05) is 24.3 Å². The molecule has 1 atom stereocenters. The molecule has 0 heterocycles. The lowest BCUT2D eigenvalue weighted by Gasteiger charge is -2.19. The van der Waals surface area contributed by atoms with Gasteiger partial charge < -0.3 is 9.92 Å². The van der Waals surface area contributed by atoms with Crippen LogP contribution < -0.4 is 9.92 Å². The lowest BCUT2D eigenvalue weighted by atomic mass is 9.83. The van der Waals surface area contributed by atoms with Crippen LogP contribution in [0.4, 0.5) is 5.69 Å². The molecule has 1 aliphatic carbocycles. The van der Waals surface area contributed by atoms with E-state index in [0.717, 1.165) is 0 Å². The molecule has 0 aromatic heterocycles. The van der Waals surface area contributed by atoms with E-state index in [1.54, 1.807) is 18.2 Å². The van der Waals surface area contributed by atoms with Gasteiger partial charge in [0.15, 0.2) is 17.3 Å². The molecule has 0 spiro atoms. The number of nitrogen functional groups attached to an aromatic ring is 1. The van der Waals surface area contributed by atoms with Crippen molar-refractivity contribution in [3.05, 3.63) is 58.7 Å². The molecule has 1 aliphatic rings. The monoisotopic (exact) mass is 303 g/mol. The van der Waals surface area contributed by atoms with Crippen molar-refractivity contribution in [2.75, 3.05) is 5.73 Å². The van der Waals surface area contributed by atoms with Gasteiger partial charge in [-0.25, -0.2) is 0 Å². The smallest absolute Gasteiger partial charge is 0.357 e. The Kier molecular flexibility index (Phi) is 3.08. The Labute approximate surface area is 122 Å². The number of anilines is 1. The average molecular weight is 303 g/mol. The third-order valence-electron chi connectivity index (χ3n) is 3.25. The van der Waals surface area contributed by atoms with Crippen molar-refractivity contribution < 1.29 is 22.5 Å². The lowest BCUT2D eigenvalue weighted by molar-refractivity contribution is 0.0979. The standard InChI is InChI=1S/C14H9NO5S/c15-12-10(20-21(18)19)6-5-9-11(12)14(17)8-4-2-1-3-7(8)13(9)16/h1-6H,15H2,(H,18,19). The highest BCUT2D eigenvalue weighted by Gasteiger charge is 2.32. The Hall–Kier alpha value is -2.51. The number of carbonyl (C=O) groups is 2. The first-order valence-electron chi connectivity index (χ1n) is 5.90. The average Bonchev–Trinajstić information content (AvgIpc) is 2.46. The molecule has 0 aliphatic heterocycles. The fourth-order valence-electron chi connectivity index (χ4n) is 2.34. The van der Waals surface area contributed by atoms with Crippen molar-refractivity contribution in [3.8, 4) is 5.75 Å². The summed E-state index contributed by atoms with van der Waals surface area (Å²) in [7, 11) is 0. The van der Waals surface area contributed by atoms with E-state index in [1.165, 1.54) is 18.2 Å². The minimum absolute atomic E-state index is 0.00153. The summed E-state index contributed by atoms with van der Waals surface area (Å²) in [6.07, 6.45) is 0. The predicted molar refractivity (Wildman–Crippen MR) is 75.6 cm³/mol. The van der Waals surface area contributed by atoms with E-state index in [2.05, 4.69) is 4.18 Å². The summed E-state index contributed by atoms with van der Waals surface area (Å²) in [6.45, 7) is 0. The molecule has 1 unspecified atom stereocenters. The molecule has 2 aromatic carbocycles. The third-order valence-corrected chi connectivity index (χ3v) is 3.58. The zero-order chi connectivity index (χ0) is 15.1. The van der Waals surface area contributed by atoms with E-state index in [9.17, 15) is 13.8 Å². The quantitative estimate of drug-likeness (QED) is 0.549. The summed E-state index contributed by atoms with van der Waals surface area (Å²) in [4.78, 5) is 24.9. The first-order valence-corrected chi connectivity index (χ1v) is 6.94. The van der Waals surface area contributed by atoms with Crippen molar-refractivity contribution in [1.82, 2.24) is 0 Å². The Balaban J connectivity index is 2.24. The van der Waals surface area contributed by atoms with Crippen LogP contribution >= 0.6 is 0 Å². The van der Waals surface area contributed by atoms with Gasteiger partial charge in [0.25, 0.3) is 0 Å². The Bertz CT molecular complexity index is 815. The van der Waals surface area contributed by atoms with Gasteiger partial charge >= 0.3 is 11.4 Å². The minimum atomic E-state index is -2.57. The van der Waals surface area contributed by atoms with Gasteiger partial charge in [0, 0.05) is 16.7 Å². The van der Waals surface area contributed by atoms with E-state index in [1.807, 2.05) is 0 Å². The molecule has 7 heteroatoms. The molecule has 3 rings (SSSR count). The van der Waals surface area contributed by atoms with Gasteiger partial charge in [-0.15, -0.1) is 0 Å². The molecule has 2 aromatic rings. The van der Waals surface area contributed by atoms with Crippen LogP contribution in [0, 0.1) is 0 Å². The molecule has 0 amide bonds. The number of hydrogen-bond donors (Lipinski definition) is 2. The Morgan fingerprint density at radius 1 is 0.952 bits per heavy atom. The SMILES string of the molecule is Nc1c(OS(=O)O)ccc2c1C(=O)c1ccccc1C2=O. The second-order valence-corrected chi connectivity index (χ2v) is 5.01. The van der Waals surface area contributed by atoms with Gasteiger partial charge in [0.2, 0.25) is 0 Å². The number of rotatable bonds is 2. The van der Waals surface area contributed by atoms with E-state index in [0.29, 0.717) is 5.56 Å². The largest absolute Gasteiger partial charge is 0.395 e. The topological polar surface area (TPSA) is 107 Å². The zero-order valence-corrected chi connectivity index (χ0v) is 11.3. The fraction of sp³-hybridized carbons (Fsp3) is 0. The molecule has 0 fully saturated rings. The molecule has 106 valence electrons. The van der Waals surface area contributed by atoms with Crippen molar-refractivity contribution in [2.24, 2.45) is 0 Å². The fourth-order valence-corrected chi connectivity index (χ4v) is 2.64. The molecule has 6 nitrogen and oxygen atoms in total. The molecular formula is C14H9NO5S. The molecule has 0 saturated heterocycles. The van der Waals surface area contributed by atoms with E-state index in [-0.39, 0.29) is 33.9 Å². The summed E-state index contributed by atoms with van der Waals surface area (Å²) < 4.78 is 24.1. The first kappa shape index (κ1) is 13.5. The number of benzene rings is 2. The minimum Gasteiger partial charge on any atom is -0.395 e. The molecular weight excluding hydrogens is 294 g/mol. The maximum atomic E-state index is 12.5. The maximum Gasteiger partial charge on any atom is 0.357 e. The van der Waals surface area contributed by atoms with Crippen molar-refractivity contribution in [1.29, 1.82) is 0 Å². The highest BCUT2D eigenvalue weighted by Crippen LogP contribution is 2.35. The van der Waals surface area contributed by atoms with Crippen LogP contribution in [-0.4, -0.2) is 20.3 Å². The summed E-state index contributed by atoms with van der Waals surface area (Å²) in [6, 6.07) is 9.09. The molecule has 0 radical (unpaired) electrons. The lowest BCUT2D eigenvalue weighted by Crippen LogP contribution is -2.22. The predicted octanol–water partition coefficient (Wildman–Crippen LogP) is 1.56. The Morgan fingerprint density at radius 2 is 1.57 bits per heavy atom. The van der Waals surface area contributed by atoms with E-state index >= 15 is 0 Å². The second-order valence-electron chi connectivity index (χ2n) is 4.40. The van der Waals surface area contributed by atoms with E-state index in [4.69, 9.17) is 10.3 Å². The number of nitrogens with two attached hydrogens (primary N) is 1. The van der Waals surface area contributed by atoms with Crippen LogP contribution in [0.15, 0.2) is 36.4 Å². The van der Waals surface area contributed by atoms with Gasteiger partial charge in [-0.2, -0.15) is 4.21 Å². The molecule has 3 N–H and O–H groups in total. The molecule has 0 saturated carbocycles. The highest BCUT2D eigenvalue weighted by atomic mass is 32.2. The molecule has 21 heavy (non-hydrogen) atoms. The summed E-state index contributed by atoms with van der Waals surface area (Å²) >= 11 is -2.57. The van der Waals surface area contributed by atoms with Crippen molar-refractivity contribution >= 4 is 28.6 Å². The first-order chi connectivity index (χ1) is 10.0. The van der Waals surface area contributed by atoms with Crippen molar-refractivity contribution in [2.45, 2.75) is 0 Å².